The van der Waals surface area contributed by atoms with Crippen LogP contribution in [0.25, 0.3) is 0 Å². The monoisotopic (exact) mass is 390 g/mol. The lowest BCUT2D eigenvalue weighted by Gasteiger charge is -2.28. The average Bonchev–Trinajstić information content (AvgIpc) is 3.07. The molecule has 0 spiro atoms. The molecule has 21 heavy (non-hydrogen) atoms. The van der Waals surface area contributed by atoms with Crippen LogP contribution in [0.5, 0.6) is 0 Å². The van der Waals surface area contributed by atoms with E-state index in [0.29, 0.717) is 5.75 Å². The summed E-state index contributed by atoms with van der Waals surface area (Å²) < 4.78 is 6.49. The average molecular weight is 391 g/mol. The van der Waals surface area contributed by atoms with Gasteiger partial charge in [-0.15, -0.1) is 23.1 Å². The summed E-state index contributed by atoms with van der Waals surface area (Å²) in [7, 11) is 0. The highest BCUT2D eigenvalue weighted by Crippen LogP contribution is 2.42. The van der Waals surface area contributed by atoms with E-state index in [1.54, 1.807) is 23.1 Å². The van der Waals surface area contributed by atoms with Crippen LogP contribution in [0.15, 0.2) is 15.9 Å². The van der Waals surface area contributed by atoms with Gasteiger partial charge in [-0.1, -0.05) is 0 Å². The summed E-state index contributed by atoms with van der Waals surface area (Å²) in [6.07, 6.45) is 1.04. The van der Waals surface area contributed by atoms with E-state index in [1.807, 2.05) is 4.90 Å². The van der Waals surface area contributed by atoms with Gasteiger partial charge in [0.2, 0.25) is 5.91 Å². The number of carbonyl (C=O) groups is 1. The van der Waals surface area contributed by atoms with E-state index < -0.39 is 0 Å². The fraction of sp³-hybridized carbons (Fsp3) is 0.643. The topological polar surface area (TPSA) is 32.8 Å². The van der Waals surface area contributed by atoms with E-state index in [-0.39, 0.29) is 11.3 Å². The van der Waals surface area contributed by atoms with Crippen molar-refractivity contribution >= 4 is 44.9 Å². The van der Waals surface area contributed by atoms with Gasteiger partial charge in [-0.2, -0.15) is 0 Å². The van der Waals surface area contributed by atoms with E-state index in [1.165, 1.54) is 4.88 Å². The Kier molecular flexibility index (Phi) is 5.61. The first-order valence-electron chi connectivity index (χ1n) is 7.20. The van der Waals surface area contributed by atoms with Gasteiger partial charge >= 0.3 is 0 Å². The Morgan fingerprint density at radius 1 is 1.29 bits per heavy atom. The van der Waals surface area contributed by atoms with Crippen molar-refractivity contribution in [1.82, 2.24) is 9.80 Å². The van der Waals surface area contributed by atoms with E-state index in [4.69, 9.17) is 4.74 Å². The predicted octanol–water partition coefficient (Wildman–Crippen LogP) is 2.81. The second-order valence-corrected chi connectivity index (χ2v) is 8.76. The summed E-state index contributed by atoms with van der Waals surface area (Å²) in [5, 5.41) is 0.207. The highest BCUT2D eigenvalue weighted by molar-refractivity contribution is 9.11. The summed E-state index contributed by atoms with van der Waals surface area (Å²) in [6.45, 7) is 5.62. The molecule has 1 unspecified atom stereocenters. The van der Waals surface area contributed by atoms with Gasteiger partial charge in [0.05, 0.1) is 22.8 Å². The minimum absolute atomic E-state index is 0.207. The number of nitrogens with zero attached hydrogens (tertiary/aromatic N) is 2. The van der Waals surface area contributed by atoms with Crippen LogP contribution in [0.3, 0.4) is 0 Å². The van der Waals surface area contributed by atoms with Crippen molar-refractivity contribution in [2.24, 2.45) is 0 Å². The third-order valence-corrected chi connectivity index (χ3v) is 6.85. The molecule has 2 fully saturated rings. The van der Waals surface area contributed by atoms with Crippen molar-refractivity contribution in [3.63, 3.8) is 0 Å². The molecule has 3 heterocycles. The van der Waals surface area contributed by atoms with Crippen molar-refractivity contribution in [2.75, 3.05) is 45.1 Å². The van der Waals surface area contributed by atoms with Crippen LogP contribution in [0.4, 0.5) is 0 Å². The molecule has 2 saturated heterocycles. The lowest BCUT2D eigenvalue weighted by molar-refractivity contribution is -0.128. The molecular weight excluding hydrogens is 372 g/mol. The summed E-state index contributed by atoms with van der Waals surface area (Å²) in [4.78, 5) is 17.8. The van der Waals surface area contributed by atoms with Crippen molar-refractivity contribution in [3.05, 3.63) is 20.8 Å². The highest BCUT2D eigenvalue weighted by atomic mass is 79.9. The van der Waals surface area contributed by atoms with Gasteiger partial charge in [0.1, 0.15) is 5.37 Å². The fourth-order valence-electron chi connectivity index (χ4n) is 2.68. The molecule has 7 heteroatoms. The number of halogens is 1. The van der Waals surface area contributed by atoms with Gasteiger partial charge in [0.25, 0.3) is 0 Å². The first-order valence-corrected chi connectivity index (χ1v) is 9.86. The predicted molar refractivity (Wildman–Crippen MR) is 90.8 cm³/mol. The minimum atomic E-state index is 0.207. The molecule has 0 N–H and O–H groups in total. The molecule has 0 saturated carbocycles. The third-order valence-electron chi connectivity index (χ3n) is 3.78. The molecule has 1 aromatic rings. The van der Waals surface area contributed by atoms with Crippen LogP contribution >= 0.6 is 39.0 Å². The quantitative estimate of drug-likeness (QED) is 0.773. The Hall–Kier alpha value is -0.0800. The normalized spacial score (nSPS) is 24.0. The number of ether oxygens (including phenoxy) is 1. The fourth-order valence-corrected chi connectivity index (χ4v) is 5.56. The SMILES string of the molecule is O=C1CSC(c2ccc(Br)s2)N1CCCN1CCOCC1. The Morgan fingerprint density at radius 3 is 2.81 bits per heavy atom. The molecule has 0 aliphatic carbocycles. The van der Waals surface area contributed by atoms with Gasteiger partial charge in [-0.25, -0.2) is 0 Å². The number of amides is 1. The molecule has 0 bridgehead atoms. The molecule has 2 aliphatic heterocycles. The zero-order valence-electron chi connectivity index (χ0n) is 11.8. The summed E-state index contributed by atoms with van der Waals surface area (Å²) in [6, 6.07) is 4.19. The zero-order chi connectivity index (χ0) is 14.7. The molecular formula is C14H19BrN2O2S2. The standard InChI is InChI=1S/C14H19BrN2O2S2/c15-12-3-2-11(21-12)14-17(13(18)10-20-14)5-1-4-16-6-8-19-9-7-16/h2-3,14H,1,4-10H2. The molecule has 4 nitrogen and oxygen atoms in total. The lowest BCUT2D eigenvalue weighted by atomic mass is 10.3. The smallest absolute Gasteiger partial charge is 0.233 e. The Balaban J connectivity index is 1.53. The summed E-state index contributed by atoms with van der Waals surface area (Å²) in [5.41, 5.74) is 0. The van der Waals surface area contributed by atoms with E-state index in [0.717, 1.165) is 49.6 Å². The van der Waals surface area contributed by atoms with Crippen LogP contribution in [-0.2, 0) is 9.53 Å². The van der Waals surface area contributed by atoms with Crippen molar-refractivity contribution in [1.29, 1.82) is 0 Å². The lowest BCUT2D eigenvalue weighted by Crippen LogP contribution is -2.38. The minimum Gasteiger partial charge on any atom is -0.379 e. The Morgan fingerprint density at radius 2 is 2.10 bits per heavy atom. The van der Waals surface area contributed by atoms with Crippen molar-refractivity contribution in [3.8, 4) is 0 Å². The van der Waals surface area contributed by atoms with Crippen LogP contribution in [0.1, 0.15) is 16.7 Å². The van der Waals surface area contributed by atoms with Crippen LogP contribution in [0, 0.1) is 0 Å². The van der Waals surface area contributed by atoms with E-state index in [2.05, 4.69) is 33.0 Å². The second kappa shape index (κ2) is 7.46. The molecule has 3 rings (SSSR count). The van der Waals surface area contributed by atoms with Gasteiger partial charge in [0.15, 0.2) is 0 Å². The first-order chi connectivity index (χ1) is 10.2. The van der Waals surface area contributed by atoms with E-state index >= 15 is 0 Å². The summed E-state index contributed by atoms with van der Waals surface area (Å²) >= 11 is 6.98. The van der Waals surface area contributed by atoms with Crippen LogP contribution < -0.4 is 0 Å². The van der Waals surface area contributed by atoms with Gasteiger partial charge in [0, 0.05) is 31.1 Å². The Bertz CT molecular complexity index is 491. The number of rotatable bonds is 5. The number of carbonyl (C=O) groups excluding carboxylic acids is 1. The maximum absolute atomic E-state index is 12.1. The number of thiophene rings is 1. The van der Waals surface area contributed by atoms with Gasteiger partial charge < -0.3 is 9.64 Å². The van der Waals surface area contributed by atoms with Crippen molar-refractivity contribution < 1.29 is 9.53 Å². The van der Waals surface area contributed by atoms with E-state index in [9.17, 15) is 4.79 Å². The maximum atomic E-state index is 12.1. The molecule has 0 radical (unpaired) electrons. The molecule has 1 aromatic heterocycles. The van der Waals surface area contributed by atoms with Gasteiger partial charge in [-0.05, 0) is 34.5 Å². The van der Waals surface area contributed by atoms with Crippen molar-refractivity contribution in [2.45, 2.75) is 11.8 Å². The largest absolute Gasteiger partial charge is 0.379 e. The molecule has 0 aromatic carbocycles. The Labute approximate surface area is 141 Å². The van der Waals surface area contributed by atoms with Gasteiger partial charge in [-0.3, -0.25) is 9.69 Å². The molecule has 116 valence electrons. The second-order valence-electron chi connectivity index (χ2n) is 5.20. The molecule has 1 atom stereocenters. The van der Waals surface area contributed by atoms with Crippen LogP contribution in [-0.4, -0.2) is 60.9 Å². The summed E-state index contributed by atoms with van der Waals surface area (Å²) in [5.74, 6) is 0.883. The molecule has 2 aliphatic rings. The zero-order valence-corrected chi connectivity index (χ0v) is 15.0. The van der Waals surface area contributed by atoms with Crippen LogP contribution in [0.2, 0.25) is 0 Å². The first kappa shape index (κ1) is 15.8. The third kappa shape index (κ3) is 4.01. The highest BCUT2D eigenvalue weighted by Gasteiger charge is 2.33. The maximum Gasteiger partial charge on any atom is 0.233 e. The number of hydrogen-bond acceptors (Lipinski definition) is 5. The number of morpholine rings is 1. The number of thioether (sulfide) groups is 1. The number of hydrogen-bond donors (Lipinski definition) is 0. The molecule has 1 amide bonds.